The molecule has 4 nitrogen and oxygen atoms in total. The first-order valence-corrected chi connectivity index (χ1v) is 7.10. The van der Waals surface area contributed by atoms with Gasteiger partial charge in [-0.2, -0.15) is 0 Å². The lowest BCUT2D eigenvalue weighted by Gasteiger charge is -2.03. The number of hydrogen-bond donors (Lipinski definition) is 0. The molecule has 0 aromatic heterocycles. The van der Waals surface area contributed by atoms with Crippen molar-refractivity contribution < 1.29 is 19.2 Å². The van der Waals surface area contributed by atoms with E-state index in [1.807, 2.05) is 13.8 Å². The van der Waals surface area contributed by atoms with Crippen LogP contribution in [0, 0.1) is 5.92 Å². The van der Waals surface area contributed by atoms with E-state index in [9.17, 15) is 19.2 Å². The summed E-state index contributed by atoms with van der Waals surface area (Å²) in [5.74, 6) is -1.78. The average Bonchev–Trinajstić information content (AvgIpc) is 2.46. The Morgan fingerprint density at radius 1 is 0.857 bits per heavy atom. The first-order chi connectivity index (χ1) is 9.91. The van der Waals surface area contributed by atoms with E-state index in [1.165, 1.54) is 0 Å². The molecule has 0 N–H and O–H groups in total. The van der Waals surface area contributed by atoms with Crippen LogP contribution >= 0.6 is 0 Å². The van der Waals surface area contributed by atoms with E-state index in [-0.39, 0.29) is 31.6 Å². The van der Waals surface area contributed by atoms with Gasteiger partial charge in [-0.25, -0.2) is 0 Å². The van der Waals surface area contributed by atoms with Gasteiger partial charge < -0.3 is 0 Å². The summed E-state index contributed by atoms with van der Waals surface area (Å²) in [6.45, 7) is 3.74. The quantitative estimate of drug-likeness (QED) is 0.517. The van der Waals surface area contributed by atoms with Crippen LogP contribution in [-0.4, -0.2) is 23.1 Å². The maximum Gasteiger partial charge on any atom is 0.228 e. The first kappa shape index (κ1) is 17.0. The second-order valence-corrected chi connectivity index (χ2v) is 5.42. The fraction of sp³-hybridized carbons (Fsp3) is 0.412. The van der Waals surface area contributed by atoms with Crippen molar-refractivity contribution in [3.05, 3.63) is 35.9 Å². The molecule has 1 rings (SSSR count). The molecule has 0 bridgehead atoms. The first-order valence-electron chi connectivity index (χ1n) is 7.10. The van der Waals surface area contributed by atoms with Crippen molar-refractivity contribution in [1.82, 2.24) is 0 Å². The van der Waals surface area contributed by atoms with E-state index in [2.05, 4.69) is 0 Å². The predicted octanol–water partition coefficient (Wildman–Crippen LogP) is 2.79. The minimum absolute atomic E-state index is 0.00553. The third-order valence-corrected chi connectivity index (χ3v) is 3.00. The topological polar surface area (TPSA) is 68.3 Å². The molecule has 0 atom stereocenters. The standard InChI is InChI=1S/C17H20O4/c1-12(2)11-16(20)14(18)9-6-10-15(19)17(21)13-7-4-3-5-8-13/h3-5,7-8,12H,6,9-11H2,1-2H3. The van der Waals surface area contributed by atoms with Crippen molar-refractivity contribution in [2.75, 3.05) is 0 Å². The maximum absolute atomic E-state index is 11.8. The van der Waals surface area contributed by atoms with E-state index >= 15 is 0 Å². The second kappa shape index (κ2) is 8.25. The molecular formula is C17H20O4. The van der Waals surface area contributed by atoms with Gasteiger partial charge in [-0.3, -0.25) is 19.2 Å². The smallest absolute Gasteiger partial charge is 0.228 e. The van der Waals surface area contributed by atoms with Gasteiger partial charge in [-0.15, -0.1) is 0 Å². The molecule has 4 heteroatoms. The molecule has 0 heterocycles. The Morgan fingerprint density at radius 3 is 2.00 bits per heavy atom. The van der Waals surface area contributed by atoms with Gasteiger partial charge in [0.05, 0.1) is 0 Å². The van der Waals surface area contributed by atoms with Gasteiger partial charge >= 0.3 is 0 Å². The van der Waals surface area contributed by atoms with Gasteiger partial charge in [0.2, 0.25) is 11.6 Å². The Kier molecular flexibility index (Phi) is 6.66. The van der Waals surface area contributed by atoms with Crippen molar-refractivity contribution in [1.29, 1.82) is 0 Å². The molecule has 0 aliphatic rings. The number of rotatable bonds is 9. The number of ketones is 4. The maximum atomic E-state index is 11.8. The third-order valence-electron chi connectivity index (χ3n) is 3.00. The van der Waals surface area contributed by atoms with Gasteiger partial charge in [0.25, 0.3) is 0 Å². The molecule has 21 heavy (non-hydrogen) atoms. The van der Waals surface area contributed by atoms with E-state index in [0.717, 1.165) is 0 Å². The van der Waals surface area contributed by atoms with Crippen molar-refractivity contribution in [2.24, 2.45) is 5.92 Å². The molecule has 0 saturated heterocycles. The van der Waals surface area contributed by atoms with Crippen LogP contribution in [0.3, 0.4) is 0 Å². The van der Waals surface area contributed by atoms with E-state index in [1.54, 1.807) is 30.3 Å². The highest BCUT2D eigenvalue weighted by molar-refractivity contribution is 6.43. The molecule has 0 aliphatic heterocycles. The highest BCUT2D eigenvalue weighted by Gasteiger charge is 2.18. The van der Waals surface area contributed by atoms with Gasteiger partial charge in [-0.05, 0) is 12.3 Å². The zero-order chi connectivity index (χ0) is 15.8. The van der Waals surface area contributed by atoms with Crippen LogP contribution in [0.25, 0.3) is 0 Å². The van der Waals surface area contributed by atoms with Gasteiger partial charge in [0, 0.05) is 24.8 Å². The summed E-state index contributed by atoms with van der Waals surface area (Å²) < 4.78 is 0. The lowest BCUT2D eigenvalue weighted by Crippen LogP contribution is -2.18. The van der Waals surface area contributed by atoms with Crippen LogP contribution in [0.4, 0.5) is 0 Å². The zero-order valence-electron chi connectivity index (χ0n) is 12.4. The largest absolute Gasteiger partial charge is 0.291 e. The SMILES string of the molecule is CC(C)CC(=O)C(=O)CCCC(=O)C(=O)c1ccccc1. The number of carbonyl (C=O) groups is 4. The summed E-state index contributed by atoms with van der Waals surface area (Å²) in [7, 11) is 0. The average molecular weight is 288 g/mol. The molecule has 1 aromatic carbocycles. The summed E-state index contributed by atoms with van der Waals surface area (Å²) in [6, 6.07) is 8.30. The molecule has 0 radical (unpaired) electrons. The molecule has 1 aromatic rings. The molecule has 0 saturated carbocycles. The minimum atomic E-state index is -0.545. The predicted molar refractivity (Wildman–Crippen MR) is 79.1 cm³/mol. The summed E-state index contributed by atoms with van der Waals surface area (Å²) in [5, 5.41) is 0. The molecule has 0 aliphatic carbocycles. The molecule has 0 unspecified atom stereocenters. The van der Waals surface area contributed by atoms with Crippen LogP contribution in [0.5, 0.6) is 0 Å². The highest BCUT2D eigenvalue weighted by atomic mass is 16.2. The number of Topliss-reactive ketones (excluding diaryl/α,β-unsaturated/α-hetero) is 4. The van der Waals surface area contributed by atoms with Gasteiger partial charge in [-0.1, -0.05) is 44.2 Å². The Balaban J connectivity index is 2.39. The van der Waals surface area contributed by atoms with Crippen LogP contribution in [0.2, 0.25) is 0 Å². The van der Waals surface area contributed by atoms with Gasteiger partial charge in [0.1, 0.15) is 0 Å². The molecule has 112 valence electrons. The summed E-state index contributed by atoms with van der Waals surface area (Å²) in [4.78, 5) is 46.6. The lowest BCUT2D eigenvalue weighted by molar-refractivity contribution is -0.137. The Bertz CT molecular complexity index is 529. The van der Waals surface area contributed by atoms with Crippen molar-refractivity contribution in [3.8, 4) is 0 Å². The molecule has 0 fully saturated rings. The third kappa shape index (κ3) is 5.81. The normalized spacial score (nSPS) is 10.4. The Morgan fingerprint density at radius 2 is 1.43 bits per heavy atom. The molecular weight excluding hydrogens is 268 g/mol. The monoisotopic (exact) mass is 288 g/mol. The number of carbonyl (C=O) groups excluding carboxylic acids is 4. The summed E-state index contributed by atoms with van der Waals surface area (Å²) >= 11 is 0. The second-order valence-electron chi connectivity index (χ2n) is 5.42. The Labute approximate surface area is 124 Å². The van der Waals surface area contributed by atoms with Crippen molar-refractivity contribution in [3.63, 3.8) is 0 Å². The van der Waals surface area contributed by atoms with Crippen molar-refractivity contribution in [2.45, 2.75) is 39.5 Å². The van der Waals surface area contributed by atoms with E-state index < -0.39 is 23.1 Å². The fourth-order valence-corrected chi connectivity index (χ4v) is 1.90. The van der Waals surface area contributed by atoms with E-state index in [0.29, 0.717) is 5.56 Å². The molecule has 0 amide bonds. The van der Waals surface area contributed by atoms with E-state index in [4.69, 9.17) is 0 Å². The van der Waals surface area contributed by atoms with Crippen molar-refractivity contribution >= 4 is 23.1 Å². The number of benzene rings is 1. The number of hydrogen-bond acceptors (Lipinski definition) is 4. The fourth-order valence-electron chi connectivity index (χ4n) is 1.90. The van der Waals surface area contributed by atoms with Crippen LogP contribution in [0.1, 0.15) is 49.9 Å². The zero-order valence-corrected chi connectivity index (χ0v) is 12.4. The van der Waals surface area contributed by atoms with Crippen LogP contribution in [-0.2, 0) is 14.4 Å². The Hall–Kier alpha value is -2.10. The van der Waals surface area contributed by atoms with Crippen LogP contribution in [0.15, 0.2) is 30.3 Å². The molecule has 0 spiro atoms. The summed E-state index contributed by atoms with van der Waals surface area (Å²) in [5.41, 5.74) is 0.352. The highest BCUT2D eigenvalue weighted by Crippen LogP contribution is 2.08. The lowest BCUT2D eigenvalue weighted by atomic mass is 9.99. The van der Waals surface area contributed by atoms with Crippen LogP contribution < -0.4 is 0 Å². The minimum Gasteiger partial charge on any atom is -0.291 e. The summed E-state index contributed by atoms with van der Waals surface area (Å²) in [6.07, 6.45) is 0.490. The van der Waals surface area contributed by atoms with Gasteiger partial charge in [0.15, 0.2) is 11.6 Å².